The number of carbonyl (C=O) groups excluding carboxylic acids is 2. The van der Waals surface area contributed by atoms with Gasteiger partial charge in [0.25, 0.3) is 0 Å². The third kappa shape index (κ3) is 1.74. The Balaban J connectivity index is 1.65. The lowest BCUT2D eigenvalue weighted by atomic mass is 9.87. The molecular formula is C16H18N2O2. The molecule has 1 N–H and O–H groups in total. The molecule has 0 saturated heterocycles. The molecule has 0 spiro atoms. The zero-order chi connectivity index (χ0) is 13.7. The Labute approximate surface area is 118 Å². The van der Waals surface area contributed by atoms with E-state index in [9.17, 15) is 9.59 Å². The molecule has 2 aliphatic carbocycles. The van der Waals surface area contributed by atoms with Crippen LogP contribution in [-0.2, 0) is 9.59 Å². The number of benzene rings is 1. The molecule has 2 fully saturated rings. The first-order chi connectivity index (χ1) is 9.72. The number of para-hydroxylation sites is 2. The Morgan fingerprint density at radius 3 is 2.80 bits per heavy atom. The number of nitrogens with zero attached hydrogens (tertiary/aromatic N) is 1. The minimum absolute atomic E-state index is 0.0970. The molecule has 1 aromatic rings. The number of fused-ring (bicyclic) bond motifs is 3. The van der Waals surface area contributed by atoms with Gasteiger partial charge in [-0.2, -0.15) is 0 Å². The topological polar surface area (TPSA) is 49.4 Å². The predicted molar refractivity (Wildman–Crippen MR) is 76.4 cm³/mol. The van der Waals surface area contributed by atoms with Gasteiger partial charge in [-0.3, -0.25) is 9.59 Å². The minimum Gasteiger partial charge on any atom is -0.323 e. The fraction of sp³-hybridized carbons (Fsp3) is 0.500. The standard InChI is InChI=1S/C16H18N2O2/c19-15-9-18(14-4-2-1-3-13(14)17-15)16(20)12-8-10-5-6-11(12)7-10/h1-4,10-12H,5-9H2,(H,17,19). The van der Waals surface area contributed by atoms with E-state index in [1.807, 2.05) is 24.3 Å². The van der Waals surface area contributed by atoms with Crippen LogP contribution in [0.25, 0.3) is 0 Å². The van der Waals surface area contributed by atoms with Crippen LogP contribution in [-0.4, -0.2) is 18.4 Å². The van der Waals surface area contributed by atoms with Crippen molar-refractivity contribution < 1.29 is 9.59 Å². The van der Waals surface area contributed by atoms with E-state index in [-0.39, 0.29) is 24.3 Å². The molecule has 3 aliphatic rings. The van der Waals surface area contributed by atoms with E-state index in [0.29, 0.717) is 5.92 Å². The number of hydrogen-bond donors (Lipinski definition) is 1. The van der Waals surface area contributed by atoms with Crippen LogP contribution in [0.3, 0.4) is 0 Å². The fourth-order valence-corrected chi connectivity index (χ4v) is 4.18. The molecule has 2 amide bonds. The third-order valence-electron chi connectivity index (χ3n) is 5.09. The molecule has 4 heteroatoms. The summed E-state index contributed by atoms with van der Waals surface area (Å²) in [5, 5.41) is 2.84. The van der Waals surface area contributed by atoms with Crippen LogP contribution in [0.15, 0.2) is 24.3 Å². The van der Waals surface area contributed by atoms with Gasteiger partial charge in [0.1, 0.15) is 6.54 Å². The first-order valence-corrected chi connectivity index (χ1v) is 7.42. The molecule has 1 aromatic carbocycles. The van der Waals surface area contributed by atoms with E-state index >= 15 is 0 Å². The monoisotopic (exact) mass is 270 g/mol. The zero-order valence-electron chi connectivity index (χ0n) is 11.3. The van der Waals surface area contributed by atoms with E-state index in [4.69, 9.17) is 0 Å². The Morgan fingerprint density at radius 2 is 2.05 bits per heavy atom. The van der Waals surface area contributed by atoms with Crippen LogP contribution in [0.1, 0.15) is 25.7 Å². The molecule has 104 valence electrons. The second-order valence-corrected chi connectivity index (χ2v) is 6.27. The molecule has 1 aliphatic heterocycles. The lowest BCUT2D eigenvalue weighted by Gasteiger charge is -2.33. The first-order valence-electron chi connectivity index (χ1n) is 7.42. The van der Waals surface area contributed by atoms with Gasteiger partial charge >= 0.3 is 0 Å². The smallest absolute Gasteiger partial charge is 0.244 e. The second-order valence-electron chi connectivity index (χ2n) is 6.27. The number of rotatable bonds is 1. The highest BCUT2D eigenvalue weighted by Crippen LogP contribution is 2.49. The van der Waals surface area contributed by atoms with Crippen LogP contribution in [0.5, 0.6) is 0 Å². The van der Waals surface area contributed by atoms with Crippen LogP contribution in [0.2, 0.25) is 0 Å². The predicted octanol–water partition coefficient (Wildman–Crippen LogP) is 2.41. The summed E-state index contributed by atoms with van der Waals surface area (Å²) in [6.07, 6.45) is 4.69. The zero-order valence-corrected chi connectivity index (χ0v) is 11.3. The lowest BCUT2D eigenvalue weighted by Crippen LogP contribution is -2.45. The highest BCUT2D eigenvalue weighted by Gasteiger charge is 2.45. The lowest BCUT2D eigenvalue weighted by molar-refractivity contribution is -0.126. The average molecular weight is 270 g/mol. The van der Waals surface area contributed by atoms with Gasteiger partial charge in [0.2, 0.25) is 11.8 Å². The van der Waals surface area contributed by atoms with Gasteiger partial charge in [0.15, 0.2) is 0 Å². The Morgan fingerprint density at radius 1 is 1.20 bits per heavy atom. The number of hydrogen-bond acceptors (Lipinski definition) is 2. The molecule has 0 aromatic heterocycles. The molecule has 4 nitrogen and oxygen atoms in total. The highest BCUT2D eigenvalue weighted by molar-refractivity contribution is 6.10. The van der Waals surface area contributed by atoms with Crippen molar-refractivity contribution in [2.45, 2.75) is 25.7 Å². The summed E-state index contributed by atoms with van der Waals surface area (Å²) in [5.74, 6) is 1.47. The van der Waals surface area contributed by atoms with Crippen molar-refractivity contribution in [1.82, 2.24) is 0 Å². The molecular weight excluding hydrogens is 252 g/mol. The first kappa shape index (κ1) is 11.9. The van der Waals surface area contributed by atoms with Gasteiger partial charge < -0.3 is 10.2 Å². The molecule has 3 unspecified atom stereocenters. The van der Waals surface area contributed by atoms with Crippen molar-refractivity contribution in [3.63, 3.8) is 0 Å². The van der Waals surface area contributed by atoms with Gasteiger partial charge in [-0.1, -0.05) is 18.6 Å². The summed E-state index contributed by atoms with van der Waals surface area (Å²) < 4.78 is 0. The SMILES string of the molecule is O=C1CN(C(=O)C2CC3CCC2C3)c2ccccc2N1. The van der Waals surface area contributed by atoms with Crippen LogP contribution in [0.4, 0.5) is 11.4 Å². The van der Waals surface area contributed by atoms with E-state index in [1.165, 1.54) is 19.3 Å². The number of anilines is 2. The van der Waals surface area contributed by atoms with Crippen molar-refractivity contribution in [1.29, 1.82) is 0 Å². The van der Waals surface area contributed by atoms with Crippen LogP contribution < -0.4 is 10.2 Å². The molecule has 2 bridgehead atoms. The summed E-state index contributed by atoms with van der Waals surface area (Å²) >= 11 is 0. The van der Waals surface area contributed by atoms with Crippen molar-refractivity contribution in [2.24, 2.45) is 17.8 Å². The third-order valence-corrected chi connectivity index (χ3v) is 5.09. The number of nitrogens with one attached hydrogen (secondary N) is 1. The second kappa shape index (κ2) is 4.33. The fourth-order valence-electron chi connectivity index (χ4n) is 4.18. The number of carbonyl (C=O) groups is 2. The van der Waals surface area contributed by atoms with Gasteiger partial charge in [0.05, 0.1) is 11.4 Å². The van der Waals surface area contributed by atoms with Crippen molar-refractivity contribution in [2.75, 3.05) is 16.8 Å². The summed E-state index contributed by atoms with van der Waals surface area (Å²) in [5.41, 5.74) is 1.60. The van der Waals surface area contributed by atoms with E-state index in [0.717, 1.165) is 23.7 Å². The van der Waals surface area contributed by atoms with Crippen LogP contribution >= 0.6 is 0 Å². The molecule has 3 atom stereocenters. The van der Waals surface area contributed by atoms with Gasteiger partial charge in [-0.15, -0.1) is 0 Å². The quantitative estimate of drug-likeness (QED) is 0.852. The van der Waals surface area contributed by atoms with Crippen molar-refractivity contribution in [3.8, 4) is 0 Å². The van der Waals surface area contributed by atoms with Crippen molar-refractivity contribution >= 4 is 23.2 Å². The Hall–Kier alpha value is -1.84. The molecule has 4 rings (SSSR count). The summed E-state index contributed by atoms with van der Waals surface area (Å²) in [6.45, 7) is 0.156. The Kier molecular flexibility index (Phi) is 2.59. The molecule has 20 heavy (non-hydrogen) atoms. The van der Waals surface area contributed by atoms with Crippen LogP contribution in [0, 0.1) is 17.8 Å². The summed E-state index contributed by atoms with van der Waals surface area (Å²) in [6, 6.07) is 7.56. The molecule has 1 heterocycles. The summed E-state index contributed by atoms with van der Waals surface area (Å²) in [4.78, 5) is 26.3. The van der Waals surface area contributed by atoms with E-state index in [1.54, 1.807) is 4.90 Å². The van der Waals surface area contributed by atoms with Gasteiger partial charge in [-0.05, 0) is 43.2 Å². The average Bonchev–Trinajstić information content (AvgIpc) is 3.08. The van der Waals surface area contributed by atoms with Gasteiger partial charge in [-0.25, -0.2) is 0 Å². The number of amides is 2. The largest absolute Gasteiger partial charge is 0.323 e. The van der Waals surface area contributed by atoms with E-state index in [2.05, 4.69) is 5.32 Å². The molecule has 2 saturated carbocycles. The van der Waals surface area contributed by atoms with Gasteiger partial charge in [0, 0.05) is 5.92 Å². The highest BCUT2D eigenvalue weighted by atomic mass is 16.2. The maximum atomic E-state index is 12.8. The summed E-state index contributed by atoms with van der Waals surface area (Å²) in [7, 11) is 0. The normalized spacial score (nSPS) is 31.1. The maximum absolute atomic E-state index is 12.8. The molecule has 0 radical (unpaired) electrons. The van der Waals surface area contributed by atoms with E-state index < -0.39 is 0 Å². The minimum atomic E-state index is -0.0970. The van der Waals surface area contributed by atoms with Crippen molar-refractivity contribution in [3.05, 3.63) is 24.3 Å². The Bertz CT molecular complexity index is 584. The maximum Gasteiger partial charge on any atom is 0.244 e.